The van der Waals surface area contributed by atoms with Crippen molar-refractivity contribution in [2.75, 3.05) is 6.26 Å². The van der Waals surface area contributed by atoms with Crippen molar-refractivity contribution < 1.29 is 8.95 Å². The van der Waals surface area contributed by atoms with Gasteiger partial charge in [0.25, 0.3) is 5.56 Å². The summed E-state index contributed by atoms with van der Waals surface area (Å²) in [6.45, 7) is 0.492. The van der Waals surface area contributed by atoms with Crippen molar-refractivity contribution in [1.82, 2.24) is 9.55 Å². The van der Waals surface area contributed by atoms with Crippen LogP contribution in [0.3, 0.4) is 0 Å². The molecular weight excluding hydrogens is 192 g/mol. The molecule has 0 aliphatic carbocycles. The van der Waals surface area contributed by atoms with Gasteiger partial charge in [0, 0.05) is 18.5 Å². The summed E-state index contributed by atoms with van der Waals surface area (Å²) in [7, 11) is -1.06. The monoisotopic (exact) mass is 200 g/mol. The lowest BCUT2D eigenvalue weighted by Crippen LogP contribution is -2.19. The van der Waals surface area contributed by atoms with Gasteiger partial charge in [-0.15, -0.1) is 0 Å². The molecule has 0 fully saturated rings. The maximum absolute atomic E-state index is 11.1. The summed E-state index contributed by atoms with van der Waals surface area (Å²) < 4.78 is 17.9. The molecule has 5 nitrogen and oxygen atoms in total. The van der Waals surface area contributed by atoms with Crippen LogP contribution in [0.5, 0.6) is 6.01 Å². The number of aromatic nitrogens is 2. The van der Waals surface area contributed by atoms with Crippen LogP contribution in [0.4, 0.5) is 0 Å². The van der Waals surface area contributed by atoms with Gasteiger partial charge in [-0.25, -0.2) is 0 Å². The molecule has 0 spiro atoms. The first-order chi connectivity index (χ1) is 6.16. The summed E-state index contributed by atoms with van der Waals surface area (Å²) in [5.74, 6) is 0. The number of hydrogen-bond donors (Lipinski definition) is 0. The van der Waals surface area contributed by atoms with Crippen molar-refractivity contribution in [3.8, 4) is 6.01 Å². The van der Waals surface area contributed by atoms with Crippen molar-refractivity contribution in [2.45, 2.75) is 12.0 Å². The highest BCUT2D eigenvalue weighted by atomic mass is 32.2. The zero-order valence-corrected chi connectivity index (χ0v) is 7.78. The molecule has 0 bridgehead atoms. The van der Waals surface area contributed by atoms with E-state index in [1.165, 1.54) is 6.07 Å². The highest BCUT2D eigenvalue weighted by Crippen LogP contribution is 2.17. The van der Waals surface area contributed by atoms with E-state index in [1.54, 1.807) is 17.0 Å². The number of nitrogens with zero attached hydrogens (tertiary/aromatic N) is 2. The largest absolute Gasteiger partial charge is 0.446 e. The average Bonchev–Trinajstić information content (AvgIpc) is 2.46. The van der Waals surface area contributed by atoms with Gasteiger partial charge in [-0.05, 0) is 0 Å². The second kappa shape index (κ2) is 2.95. The average molecular weight is 200 g/mol. The number of fused-ring (bicyclic) bond motifs is 1. The molecule has 2 heterocycles. The molecule has 0 amide bonds. The Hall–Kier alpha value is -1.17. The van der Waals surface area contributed by atoms with E-state index in [1.807, 2.05) is 0 Å². The van der Waals surface area contributed by atoms with Gasteiger partial charge < -0.3 is 4.74 Å². The molecule has 1 aromatic heterocycles. The lowest BCUT2D eigenvalue weighted by atomic mass is 10.6. The summed E-state index contributed by atoms with van der Waals surface area (Å²) in [6.07, 6.45) is 3.16. The molecule has 0 saturated heterocycles. The quantitative estimate of drug-likeness (QED) is 0.604. The Balaban J connectivity index is 2.35. The maximum atomic E-state index is 11.1. The molecule has 0 saturated carbocycles. The molecule has 2 unspecified atom stereocenters. The molecule has 13 heavy (non-hydrogen) atoms. The molecule has 70 valence electrons. The predicted octanol–water partition coefficient (Wildman–Crippen LogP) is -0.660. The molecule has 0 N–H and O–H groups in total. The Morgan fingerprint density at radius 2 is 2.54 bits per heavy atom. The van der Waals surface area contributed by atoms with Crippen LogP contribution in [0.25, 0.3) is 0 Å². The van der Waals surface area contributed by atoms with E-state index in [4.69, 9.17) is 4.74 Å². The van der Waals surface area contributed by atoms with Crippen LogP contribution >= 0.6 is 0 Å². The third-order valence-corrected chi connectivity index (χ3v) is 2.79. The molecule has 0 aromatic carbocycles. The highest BCUT2D eigenvalue weighted by Gasteiger charge is 2.25. The topological polar surface area (TPSA) is 61.2 Å². The summed E-state index contributed by atoms with van der Waals surface area (Å²) >= 11 is 0. The second-order valence-corrected chi connectivity index (χ2v) is 4.27. The van der Waals surface area contributed by atoms with Crippen LogP contribution in [0.15, 0.2) is 17.1 Å². The SMILES string of the molecule is CS(=O)C1Cn2ccc(=O)nc2O1. The Morgan fingerprint density at radius 1 is 1.77 bits per heavy atom. The van der Waals surface area contributed by atoms with E-state index in [0.717, 1.165) is 0 Å². The summed E-state index contributed by atoms with van der Waals surface area (Å²) in [6, 6.07) is 1.61. The van der Waals surface area contributed by atoms with Crippen LogP contribution in [-0.2, 0) is 17.3 Å². The standard InChI is InChI=1S/C7H8N2O3S/c1-13(11)6-4-9-3-2-5(10)8-7(9)12-6/h2-3,6H,4H2,1H3. The Morgan fingerprint density at radius 3 is 3.23 bits per heavy atom. The fourth-order valence-electron chi connectivity index (χ4n) is 1.13. The van der Waals surface area contributed by atoms with Crippen molar-refractivity contribution in [2.24, 2.45) is 0 Å². The normalized spacial score (nSPS) is 22.1. The van der Waals surface area contributed by atoms with Gasteiger partial charge >= 0.3 is 6.01 Å². The van der Waals surface area contributed by atoms with E-state index in [9.17, 15) is 9.00 Å². The summed E-state index contributed by atoms with van der Waals surface area (Å²) in [5, 5.41) is 0. The third kappa shape index (κ3) is 1.49. The van der Waals surface area contributed by atoms with Gasteiger partial charge in [0.1, 0.15) is 0 Å². The summed E-state index contributed by atoms with van der Waals surface area (Å²) in [4.78, 5) is 14.5. The summed E-state index contributed by atoms with van der Waals surface area (Å²) in [5.41, 5.74) is -0.719. The van der Waals surface area contributed by atoms with E-state index >= 15 is 0 Å². The van der Waals surface area contributed by atoms with Crippen LogP contribution in [0, 0.1) is 0 Å². The van der Waals surface area contributed by atoms with Gasteiger partial charge in [0.2, 0.25) is 0 Å². The Kier molecular flexibility index (Phi) is 1.91. The zero-order chi connectivity index (χ0) is 9.42. The minimum atomic E-state index is -1.06. The van der Waals surface area contributed by atoms with Crippen LogP contribution < -0.4 is 10.3 Å². The van der Waals surface area contributed by atoms with Crippen LogP contribution in [0.2, 0.25) is 0 Å². The fraction of sp³-hybridized carbons (Fsp3) is 0.429. The van der Waals surface area contributed by atoms with Crippen LogP contribution in [-0.4, -0.2) is 25.5 Å². The Bertz CT molecular complexity index is 414. The van der Waals surface area contributed by atoms with Crippen LogP contribution in [0.1, 0.15) is 0 Å². The predicted molar refractivity (Wildman–Crippen MR) is 47.0 cm³/mol. The second-order valence-electron chi connectivity index (χ2n) is 2.75. The zero-order valence-electron chi connectivity index (χ0n) is 6.97. The van der Waals surface area contributed by atoms with E-state index in [2.05, 4.69) is 4.98 Å². The Labute approximate surface area is 76.8 Å². The molecule has 1 aliphatic rings. The maximum Gasteiger partial charge on any atom is 0.301 e. The number of hydrogen-bond acceptors (Lipinski definition) is 4. The van der Waals surface area contributed by atoms with Gasteiger partial charge in [-0.1, -0.05) is 0 Å². The molecule has 2 atom stereocenters. The van der Waals surface area contributed by atoms with E-state index in [0.29, 0.717) is 6.54 Å². The van der Waals surface area contributed by atoms with Crippen molar-refractivity contribution in [3.63, 3.8) is 0 Å². The minimum Gasteiger partial charge on any atom is -0.446 e. The van der Waals surface area contributed by atoms with Crippen molar-refractivity contribution in [3.05, 3.63) is 22.6 Å². The molecule has 2 rings (SSSR count). The van der Waals surface area contributed by atoms with Gasteiger partial charge in [-0.2, -0.15) is 4.98 Å². The molecule has 1 aromatic rings. The van der Waals surface area contributed by atoms with Crippen molar-refractivity contribution >= 4 is 10.8 Å². The molecule has 6 heteroatoms. The first-order valence-corrected chi connectivity index (χ1v) is 5.35. The van der Waals surface area contributed by atoms with E-state index in [-0.39, 0.29) is 17.0 Å². The first kappa shape index (κ1) is 8.43. The van der Waals surface area contributed by atoms with Gasteiger partial charge in [0.15, 0.2) is 5.44 Å². The van der Waals surface area contributed by atoms with Gasteiger partial charge in [0.05, 0.1) is 17.3 Å². The lowest BCUT2D eigenvalue weighted by molar-refractivity contribution is 0.305. The molecule has 1 aliphatic heterocycles. The first-order valence-electron chi connectivity index (χ1n) is 3.73. The van der Waals surface area contributed by atoms with Gasteiger partial charge in [-0.3, -0.25) is 13.6 Å². The number of ether oxygens (including phenoxy) is 1. The third-order valence-electron chi connectivity index (χ3n) is 1.80. The highest BCUT2D eigenvalue weighted by molar-refractivity contribution is 7.84. The van der Waals surface area contributed by atoms with E-state index < -0.39 is 10.8 Å². The minimum absolute atomic E-state index is 0.257. The molecule has 0 radical (unpaired) electrons. The lowest BCUT2D eigenvalue weighted by Gasteiger charge is -2.02. The number of rotatable bonds is 1. The molecular formula is C7H8N2O3S. The fourth-order valence-corrected chi connectivity index (χ4v) is 1.73. The van der Waals surface area contributed by atoms with Crippen molar-refractivity contribution in [1.29, 1.82) is 0 Å². The smallest absolute Gasteiger partial charge is 0.301 e.